The Kier molecular flexibility index (Phi) is 5.99. The summed E-state index contributed by atoms with van der Waals surface area (Å²) in [6, 6.07) is 0. The molecule has 0 aliphatic heterocycles. The van der Waals surface area contributed by atoms with E-state index >= 15 is 0 Å². The molecular formula is C27H46O2. The maximum Gasteiger partial charge on any atom is 0.136 e. The minimum atomic E-state index is -0.172. The largest absolute Gasteiger partial charge is 0.393 e. The van der Waals surface area contributed by atoms with Crippen molar-refractivity contribution < 1.29 is 9.90 Å². The lowest BCUT2D eigenvalue weighted by molar-refractivity contribution is -0.160. The molecule has 0 bridgehead atoms. The highest BCUT2D eigenvalue weighted by molar-refractivity contribution is 5.83. The van der Waals surface area contributed by atoms with E-state index in [9.17, 15) is 9.90 Å². The van der Waals surface area contributed by atoms with Crippen LogP contribution in [0.5, 0.6) is 0 Å². The summed E-state index contributed by atoms with van der Waals surface area (Å²) in [6.45, 7) is 12.2. The summed E-state index contributed by atoms with van der Waals surface area (Å²) >= 11 is 0. The van der Waals surface area contributed by atoms with Crippen LogP contribution in [0.15, 0.2) is 0 Å². The third-order valence-electron chi connectivity index (χ3n) is 10.6. The normalized spacial score (nSPS) is 48.2. The first-order valence-corrected chi connectivity index (χ1v) is 12.9. The first kappa shape index (κ1) is 21.8. The predicted octanol–water partition coefficient (Wildman–Crippen LogP) is 6.65. The molecule has 4 fully saturated rings. The first-order chi connectivity index (χ1) is 13.7. The van der Waals surface area contributed by atoms with Gasteiger partial charge in [-0.3, -0.25) is 4.79 Å². The quantitative estimate of drug-likeness (QED) is 0.559. The smallest absolute Gasteiger partial charge is 0.136 e. The Morgan fingerprint density at radius 3 is 2.38 bits per heavy atom. The van der Waals surface area contributed by atoms with Gasteiger partial charge < -0.3 is 5.11 Å². The number of Topliss-reactive ketones (excluding diaryl/α,β-unsaturated/α-hetero) is 1. The predicted molar refractivity (Wildman–Crippen MR) is 119 cm³/mol. The second kappa shape index (κ2) is 7.95. The van der Waals surface area contributed by atoms with Crippen molar-refractivity contribution in [3.8, 4) is 0 Å². The molecule has 2 unspecified atom stereocenters. The summed E-state index contributed by atoms with van der Waals surface area (Å²) in [5.41, 5.74) is 0.672. The number of carbonyl (C=O) groups is 1. The zero-order chi connectivity index (χ0) is 21.0. The highest BCUT2D eigenvalue weighted by Crippen LogP contribution is 2.67. The molecule has 0 aromatic rings. The van der Waals surface area contributed by atoms with E-state index in [4.69, 9.17) is 0 Å². The summed E-state index contributed by atoms with van der Waals surface area (Å²) in [5, 5.41) is 10.2. The number of ketones is 1. The maximum absolute atomic E-state index is 13.5. The van der Waals surface area contributed by atoms with Gasteiger partial charge in [0.1, 0.15) is 5.78 Å². The number of hydrogen-bond acceptors (Lipinski definition) is 2. The molecule has 0 heterocycles. The molecule has 2 heteroatoms. The van der Waals surface area contributed by atoms with Crippen molar-refractivity contribution in [2.75, 3.05) is 0 Å². The highest BCUT2D eigenvalue weighted by Gasteiger charge is 2.62. The summed E-state index contributed by atoms with van der Waals surface area (Å²) in [5.74, 6) is 4.93. The van der Waals surface area contributed by atoms with Gasteiger partial charge in [0, 0.05) is 12.3 Å². The fourth-order valence-corrected chi connectivity index (χ4v) is 8.93. The number of aliphatic hydroxyl groups excluding tert-OH is 1. The zero-order valence-corrected chi connectivity index (χ0v) is 19.8. The maximum atomic E-state index is 13.5. The van der Waals surface area contributed by atoms with Crippen molar-refractivity contribution in [3.05, 3.63) is 0 Å². The van der Waals surface area contributed by atoms with E-state index < -0.39 is 0 Å². The molecule has 0 spiro atoms. The third-order valence-corrected chi connectivity index (χ3v) is 10.6. The molecular weight excluding hydrogens is 356 g/mol. The molecule has 9 atom stereocenters. The lowest BCUT2D eigenvalue weighted by atomic mass is 9.44. The van der Waals surface area contributed by atoms with Crippen molar-refractivity contribution in [3.63, 3.8) is 0 Å². The number of aliphatic hydroxyl groups is 1. The Morgan fingerprint density at radius 2 is 1.66 bits per heavy atom. The molecule has 4 saturated carbocycles. The van der Waals surface area contributed by atoms with Crippen LogP contribution in [0.2, 0.25) is 0 Å². The minimum Gasteiger partial charge on any atom is -0.393 e. The van der Waals surface area contributed by atoms with Gasteiger partial charge >= 0.3 is 0 Å². The van der Waals surface area contributed by atoms with E-state index in [1.54, 1.807) is 0 Å². The molecule has 29 heavy (non-hydrogen) atoms. The van der Waals surface area contributed by atoms with Crippen molar-refractivity contribution in [2.24, 2.45) is 52.3 Å². The van der Waals surface area contributed by atoms with Gasteiger partial charge in [0.2, 0.25) is 0 Å². The van der Waals surface area contributed by atoms with Crippen molar-refractivity contribution in [1.29, 1.82) is 0 Å². The van der Waals surface area contributed by atoms with Gasteiger partial charge in [0.05, 0.1) is 6.10 Å². The second-order valence-corrected chi connectivity index (χ2v) is 12.6. The van der Waals surface area contributed by atoms with Crippen LogP contribution < -0.4 is 0 Å². The third kappa shape index (κ3) is 3.64. The Labute approximate surface area is 179 Å². The fourth-order valence-electron chi connectivity index (χ4n) is 8.93. The number of fused-ring (bicyclic) bond motifs is 5. The summed E-state index contributed by atoms with van der Waals surface area (Å²) in [4.78, 5) is 13.5. The van der Waals surface area contributed by atoms with Crippen LogP contribution in [-0.2, 0) is 4.79 Å². The van der Waals surface area contributed by atoms with Crippen LogP contribution in [0, 0.1) is 52.3 Å². The first-order valence-electron chi connectivity index (χ1n) is 12.9. The molecule has 0 radical (unpaired) electrons. The van der Waals surface area contributed by atoms with Gasteiger partial charge in [0.25, 0.3) is 0 Å². The van der Waals surface area contributed by atoms with Gasteiger partial charge in [-0.15, -0.1) is 0 Å². The highest BCUT2D eigenvalue weighted by atomic mass is 16.3. The Hall–Kier alpha value is -0.370. The summed E-state index contributed by atoms with van der Waals surface area (Å²) in [7, 11) is 0. The molecule has 166 valence electrons. The van der Waals surface area contributed by atoms with Crippen molar-refractivity contribution in [2.45, 2.75) is 111 Å². The van der Waals surface area contributed by atoms with Gasteiger partial charge in [-0.1, -0.05) is 53.9 Å². The number of rotatable bonds is 5. The van der Waals surface area contributed by atoms with E-state index in [1.165, 1.54) is 44.9 Å². The van der Waals surface area contributed by atoms with E-state index in [-0.39, 0.29) is 6.10 Å². The molecule has 0 aromatic heterocycles. The van der Waals surface area contributed by atoms with E-state index in [2.05, 4.69) is 34.6 Å². The molecule has 4 aliphatic rings. The lowest BCUT2D eigenvalue weighted by Gasteiger charge is -2.60. The van der Waals surface area contributed by atoms with Gasteiger partial charge in [-0.05, 0) is 91.3 Å². The van der Waals surface area contributed by atoms with Crippen LogP contribution in [0.1, 0.15) is 105 Å². The van der Waals surface area contributed by atoms with Crippen LogP contribution in [0.3, 0.4) is 0 Å². The second-order valence-electron chi connectivity index (χ2n) is 12.6. The molecule has 0 amide bonds. The van der Waals surface area contributed by atoms with Gasteiger partial charge in [0.15, 0.2) is 0 Å². The van der Waals surface area contributed by atoms with Crippen LogP contribution in [0.25, 0.3) is 0 Å². The lowest BCUT2D eigenvalue weighted by Crippen LogP contribution is -2.57. The molecule has 1 N–H and O–H groups in total. The Morgan fingerprint density at radius 1 is 0.966 bits per heavy atom. The van der Waals surface area contributed by atoms with E-state index in [1.807, 2.05) is 0 Å². The fraction of sp³-hybridized carbons (Fsp3) is 0.963. The molecule has 4 aliphatic carbocycles. The minimum absolute atomic E-state index is 0.172. The van der Waals surface area contributed by atoms with Crippen molar-refractivity contribution in [1.82, 2.24) is 0 Å². The standard InChI is InChI=1S/C27H46O2/c1-17(2)7-6-8-18(3)21-9-10-22-25-23(12-14-27(21,22)5)26(4)13-11-20(28)15-19(26)16-24(25)29/h17-23,25,28H,6-16H2,1-5H3/t18?,19?,20-,21+,22-,23-,25-,26-,27+/m0/s1. The monoisotopic (exact) mass is 402 g/mol. The van der Waals surface area contributed by atoms with Crippen molar-refractivity contribution >= 4 is 5.78 Å². The SMILES string of the molecule is CC(C)CCCC(C)[C@H]1CC[C@H]2[C@@H]3C(=O)CC4C[C@@H](O)CC[C@]4(C)[C@H]3CC[C@]12C. The molecule has 2 nitrogen and oxygen atoms in total. The number of carbonyl (C=O) groups excluding carboxylic acids is 1. The van der Waals surface area contributed by atoms with Crippen LogP contribution >= 0.6 is 0 Å². The van der Waals surface area contributed by atoms with E-state index in [0.717, 1.165) is 43.4 Å². The summed E-state index contributed by atoms with van der Waals surface area (Å²) < 4.78 is 0. The summed E-state index contributed by atoms with van der Waals surface area (Å²) in [6.07, 6.45) is 12.8. The zero-order valence-electron chi connectivity index (χ0n) is 19.8. The Bertz CT molecular complexity index is 612. The van der Waals surface area contributed by atoms with E-state index in [0.29, 0.717) is 40.3 Å². The molecule has 0 saturated heterocycles. The average Bonchev–Trinajstić information content (AvgIpc) is 3.00. The topological polar surface area (TPSA) is 37.3 Å². The molecule has 4 rings (SSSR count). The Balaban J connectivity index is 1.51. The number of hydrogen-bond donors (Lipinski definition) is 1. The van der Waals surface area contributed by atoms with Crippen LogP contribution in [-0.4, -0.2) is 17.0 Å². The van der Waals surface area contributed by atoms with Gasteiger partial charge in [-0.25, -0.2) is 0 Å². The molecule has 0 aromatic carbocycles. The average molecular weight is 403 g/mol. The van der Waals surface area contributed by atoms with Crippen LogP contribution in [0.4, 0.5) is 0 Å². The van der Waals surface area contributed by atoms with Gasteiger partial charge in [-0.2, -0.15) is 0 Å².